The molecule has 3 nitrogen and oxygen atoms in total. The summed E-state index contributed by atoms with van der Waals surface area (Å²) in [6.45, 7) is 6.39. The predicted molar refractivity (Wildman–Crippen MR) is 90.8 cm³/mol. The van der Waals surface area contributed by atoms with Crippen LogP contribution >= 0.6 is 11.3 Å². The number of rotatable bonds is 3. The van der Waals surface area contributed by atoms with E-state index in [4.69, 9.17) is 0 Å². The third-order valence-corrected chi connectivity index (χ3v) is 7.43. The molecule has 0 bridgehead atoms. The quantitative estimate of drug-likeness (QED) is 0.843. The Morgan fingerprint density at radius 1 is 1.18 bits per heavy atom. The van der Waals surface area contributed by atoms with Crippen LogP contribution in [0.5, 0.6) is 0 Å². The first-order valence-electron chi connectivity index (χ1n) is 7.54. The van der Waals surface area contributed by atoms with Crippen molar-refractivity contribution in [2.45, 2.75) is 44.6 Å². The molecule has 3 rings (SSSR count). The zero-order valence-electron chi connectivity index (χ0n) is 13.2. The summed E-state index contributed by atoms with van der Waals surface area (Å²) in [6.07, 6.45) is 1.83. The van der Waals surface area contributed by atoms with Gasteiger partial charge in [-0.15, -0.1) is 11.3 Å². The Morgan fingerprint density at radius 3 is 2.45 bits per heavy atom. The minimum atomic E-state index is -3.45. The average Bonchev–Trinajstić information content (AvgIpc) is 3.08. The molecule has 2 heterocycles. The number of benzene rings is 1. The fourth-order valence-corrected chi connectivity index (χ4v) is 6.51. The van der Waals surface area contributed by atoms with Gasteiger partial charge in [0.2, 0.25) is 10.0 Å². The lowest BCUT2D eigenvalue weighted by Crippen LogP contribution is -2.31. The van der Waals surface area contributed by atoms with Gasteiger partial charge < -0.3 is 0 Å². The summed E-state index contributed by atoms with van der Waals surface area (Å²) in [5, 5.41) is 2.01. The van der Waals surface area contributed by atoms with Gasteiger partial charge >= 0.3 is 0 Å². The van der Waals surface area contributed by atoms with E-state index in [1.165, 1.54) is 0 Å². The largest absolute Gasteiger partial charge is 0.244 e. The van der Waals surface area contributed by atoms with Gasteiger partial charge in [0, 0.05) is 11.4 Å². The van der Waals surface area contributed by atoms with Gasteiger partial charge in [-0.3, -0.25) is 0 Å². The Morgan fingerprint density at radius 2 is 1.86 bits per heavy atom. The third kappa shape index (κ3) is 2.62. The molecule has 1 aliphatic rings. The molecule has 22 heavy (non-hydrogen) atoms. The zero-order chi connectivity index (χ0) is 15.9. The third-order valence-electron chi connectivity index (χ3n) is 4.25. The smallest absolute Gasteiger partial charge is 0.207 e. The highest BCUT2D eigenvalue weighted by atomic mass is 32.2. The van der Waals surface area contributed by atoms with Gasteiger partial charge in [-0.05, 0) is 56.2 Å². The van der Waals surface area contributed by atoms with E-state index >= 15 is 0 Å². The molecule has 1 fully saturated rings. The fraction of sp³-hybridized carbons (Fsp3) is 0.412. The van der Waals surface area contributed by atoms with Gasteiger partial charge in [0.1, 0.15) is 0 Å². The molecular formula is C17H21NO2S2. The maximum atomic E-state index is 13.2. The fourth-order valence-electron chi connectivity index (χ4n) is 3.48. The highest BCUT2D eigenvalue weighted by Gasteiger charge is 2.38. The van der Waals surface area contributed by atoms with Crippen molar-refractivity contribution in [1.29, 1.82) is 0 Å². The summed E-state index contributed by atoms with van der Waals surface area (Å²) in [5.74, 6) is 0. The minimum Gasteiger partial charge on any atom is -0.207 e. The topological polar surface area (TPSA) is 37.4 Å². The second-order valence-electron chi connectivity index (χ2n) is 6.02. The van der Waals surface area contributed by atoms with Crippen molar-refractivity contribution in [3.05, 3.63) is 51.2 Å². The summed E-state index contributed by atoms with van der Waals surface area (Å²) < 4.78 is 28.1. The van der Waals surface area contributed by atoms with Crippen LogP contribution in [-0.4, -0.2) is 19.3 Å². The van der Waals surface area contributed by atoms with Crippen LogP contribution in [0.25, 0.3) is 0 Å². The van der Waals surface area contributed by atoms with Gasteiger partial charge in [-0.2, -0.15) is 4.31 Å². The minimum absolute atomic E-state index is 0.00916. The first-order chi connectivity index (χ1) is 10.4. The second-order valence-corrected chi connectivity index (χ2v) is 8.82. The number of aryl methyl sites for hydroxylation is 3. The number of nitrogens with zero attached hydrogens (tertiary/aromatic N) is 1. The number of hydrogen-bond acceptors (Lipinski definition) is 3. The highest BCUT2D eigenvalue weighted by molar-refractivity contribution is 7.89. The van der Waals surface area contributed by atoms with Crippen LogP contribution in [0, 0.1) is 20.8 Å². The van der Waals surface area contributed by atoms with Crippen LogP contribution in [0.15, 0.2) is 34.5 Å². The zero-order valence-corrected chi connectivity index (χ0v) is 14.8. The Labute approximate surface area is 136 Å². The molecule has 0 spiro atoms. The number of thiophene rings is 1. The maximum absolute atomic E-state index is 13.2. The molecule has 0 saturated carbocycles. The van der Waals surface area contributed by atoms with Crippen LogP contribution in [0.2, 0.25) is 0 Å². The van der Waals surface area contributed by atoms with Gasteiger partial charge in [0.05, 0.1) is 10.9 Å². The van der Waals surface area contributed by atoms with Gasteiger partial charge in [0.25, 0.3) is 0 Å². The van der Waals surface area contributed by atoms with Crippen molar-refractivity contribution < 1.29 is 8.42 Å². The van der Waals surface area contributed by atoms with E-state index in [2.05, 4.69) is 0 Å². The van der Waals surface area contributed by atoms with E-state index in [1.807, 2.05) is 50.4 Å². The first-order valence-corrected chi connectivity index (χ1v) is 9.86. The second kappa shape index (κ2) is 5.80. The molecule has 1 aromatic heterocycles. The Bertz CT molecular complexity index is 756. The van der Waals surface area contributed by atoms with Gasteiger partial charge in [-0.1, -0.05) is 23.8 Å². The standard InChI is InChI=1S/C17H21NO2S2/c1-12-10-13(2)17(14(3)11-12)22(19,20)18-8-4-6-15(18)16-7-5-9-21-16/h5,7,9-11,15H,4,6,8H2,1-3H3. The summed E-state index contributed by atoms with van der Waals surface area (Å²) in [5.41, 5.74) is 2.79. The van der Waals surface area contributed by atoms with Crippen molar-refractivity contribution in [1.82, 2.24) is 4.31 Å². The van der Waals surface area contributed by atoms with E-state index in [1.54, 1.807) is 15.6 Å². The van der Waals surface area contributed by atoms with Crippen molar-refractivity contribution in [3.63, 3.8) is 0 Å². The van der Waals surface area contributed by atoms with Gasteiger partial charge in [-0.25, -0.2) is 8.42 Å². The molecule has 0 radical (unpaired) electrons. The van der Waals surface area contributed by atoms with Crippen molar-refractivity contribution in [2.75, 3.05) is 6.54 Å². The van der Waals surface area contributed by atoms with Crippen LogP contribution in [0.3, 0.4) is 0 Å². The normalized spacial score (nSPS) is 19.7. The van der Waals surface area contributed by atoms with Crippen molar-refractivity contribution in [2.24, 2.45) is 0 Å². The molecule has 0 N–H and O–H groups in total. The molecule has 5 heteroatoms. The molecule has 1 saturated heterocycles. The van der Waals surface area contributed by atoms with Crippen LogP contribution < -0.4 is 0 Å². The van der Waals surface area contributed by atoms with Crippen LogP contribution in [0.1, 0.15) is 40.5 Å². The number of sulfonamides is 1. The molecule has 1 atom stereocenters. The van der Waals surface area contributed by atoms with E-state index in [0.717, 1.165) is 34.4 Å². The van der Waals surface area contributed by atoms with E-state index < -0.39 is 10.0 Å². The lowest BCUT2D eigenvalue weighted by Gasteiger charge is -2.25. The number of hydrogen-bond donors (Lipinski definition) is 0. The average molecular weight is 335 g/mol. The van der Waals surface area contributed by atoms with Gasteiger partial charge in [0.15, 0.2) is 0 Å². The Balaban J connectivity index is 2.07. The lowest BCUT2D eigenvalue weighted by molar-refractivity contribution is 0.400. The highest BCUT2D eigenvalue weighted by Crippen LogP contribution is 2.39. The predicted octanol–water partition coefficient (Wildman–Crippen LogP) is 4.20. The molecule has 1 unspecified atom stereocenters. The summed E-state index contributed by atoms with van der Waals surface area (Å²) in [7, 11) is -3.45. The monoisotopic (exact) mass is 335 g/mol. The Hall–Kier alpha value is -1.17. The summed E-state index contributed by atoms with van der Waals surface area (Å²) in [4.78, 5) is 1.63. The van der Waals surface area contributed by atoms with E-state index in [9.17, 15) is 8.42 Å². The molecule has 2 aromatic rings. The molecule has 1 aliphatic heterocycles. The molecular weight excluding hydrogens is 314 g/mol. The Kier molecular flexibility index (Phi) is 4.14. The van der Waals surface area contributed by atoms with Crippen molar-refractivity contribution >= 4 is 21.4 Å². The summed E-state index contributed by atoms with van der Waals surface area (Å²) >= 11 is 1.64. The first kappa shape index (κ1) is 15.7. The summed E-state index contributed by atoms with van der Waals surface area (Å²) in [6, 6.07) is 7.93. The van der Waals surface area contributed by atoms with Crippen molar-refractivity contribution in [3.8, 4) is 0 Å². The van der Waals surface area contributed by atoms with Crippen LogP contribution in [-0.2, 0) is 10.0 Å². The van der Waals surface area contributed by atoms with E-state index in [-0.39, 0.29) is 6.04 Å². The molecule has 0 aliphatic carbocycles. The maximum Gasteiger partial charge on any atom is 0.244 e. The SMILES string of the molecule is Cc1cc(C)c(S(=O)(=O)N2CCCC2c2cccs2)c(C)c1. The molecule has 1 aromatic carbocycles. The van der Waals surface area contributed by atoms with Crippen LogP contribution in [0.4, 0.5) is 0 Å². The molecule has 118 valence electrons. The lowest BCUT2D eigenvalue weighted by atomic mass is 10.1. The molecule has 0 amide bonds. The van der Waals surface area contributed by atoms with E-state index in [0.29, 0.717) is 11.4 Å².